The number of carboxylic acids is 1. The molecule has 19 heavy (non-hydrogen) atoms. The quantitative estimate of drug-likeness (QED) is 0.845. The van der Waals surface area contributed by atoms with Gasteiger partial charge in [0.1, 0.15) is 0 Å². The summed E-state index contributed by atoms with van der Waals surface area (Å²) >= 11 is 1.60. The Morgan fingerprint density at radius 3 is 2.37 bits per heavy atom. The Labute approximate surface area is 116 Å². The van der Waals surface area contributed by atoms with E-state index in [4.69, 9.17) is 5.11 Å². The summed E-state index contributed by atoms with van der Waals surface area (Å²) in [6.07, 6.45) is 2.44. The third kappa shape index (κ3) is 3.83. The fourth-order valence-electron chi connectivity index (χ4n) is 1.62. The minimum atomic E-state index is -0.945. The molecule has 0 bridgehead atoms. The molecule has 0 aliphatic carbocycles. The van der Waals surface area contributed by atoms with Crippen molar-refractivity contribution < 1.29 is 9.90 Å². The van der Waals surface area contributed by atoms with E-state index in [1.165, 1.54) is 17.3 Å². The molecule has 0 saturated heterocycles. The van der Waals surface area contributed by atoms with E-state index in [1.807, 2.05) is 0 Å². The van der Waals surface area contributed by atoms with Gasteiger partial charge in [-0.05, 0) is 29.7 Å². The molecule has 0 amide bonds. The van der Waals surface area contributed by atoms with Gasteiger partial charge in [-0.3, -0.25) is 0 Å². The van der Waals surface area contributed by atoms with Crippen LogP contribution in [0.4, 0.5) is 0 Å². The Hall–Kier alpha value is -1.81. The van der Waals surface area contributed by atoms with Gasteiger partial charge in [0.05, 0.1) is 10.6 Å². The van der Waals surface area contributed by atoms with Crippen molar-refractivity contribution in [2.24, 2.45) is 0 Å². The van der Waals surface area contributed by atoms with Gasteiger partial charge in [-0.1, -0.05) is 31.2 Å². The molecular weight excluding hydrogens is 258 g/mol. The van der Waals surface area contributed by atoms with E-state index in [0.29, 0.717) is 0 Å². The Bertz CT molecular complexity index is 549. The summed E-state index contributed by atoms with van der Waals surface area (Å²) in [5.41, 5.74) is 2.79. The van der Waals surface area contributed by atoms with Gasteiger partial charge in [-0.25, -0.2) is 9.78 Å². The first-order chi connectivity index (χ1) is 9.19. The van der Waals surface area contributed by atoms with Crippen LogP contribution in [0.1, 0.15) is 28.4 Å². The van der Waals surface area contributed by atoms with Gasteiger partial charge in [-0.2, -0.15) is 0 Å². The number of nitrogens with zero attached hydrogens (tertiary/aromatic N) is 1. The molecule has 98 valence electrons. The van der Waals surface area contributed by atoms with Crippen LogP contribution in [0, 0.1) is 0 Å². The fourth-order valence-corrected chi connectivity index (χ4v) is 2.42. The van der Waals surface area contributed by atoms with Crippen LogP contribution < -0.4 is 0 Å². The highest BCUT2D eigenvalue weighted by Gasteiger charge is 2.03. The van der Waals surface area contributed by atoms with Gasteiger partial charge in [0.2, 0.25) is 0 Å². The number of carbonyl (C=O) groups is 1. The van der Waals surface area contributed by atoms with Crippen LogP contribution in [0.3, 0.4) is 0 Å². The molecule has 0 unspecified atom stereocenters. The lowest BCUT2D eigenvalue weighted by molar-refractivity contribution is 0.0696. The monoisotopic (exact) mass is 273 g/mol. The predicted octanol–water partition coefficient (Wildman–Crippen LogP) is 3.63. The molecular formula is C15H15NO2S. The number of carboxylic acid groups (broad SMARTS) is 1. The molecule has 0 fully saturated rings. The number of pyridine rings is 1. The number of aromatic carboxylic acids is 1. The first kappa shape index (κ1) is 13.6. The Morgan fingerprint density at radius 2 is 1.84 bits per heavy atom. The summed E-state index contributed by atoms with van der Waals surface area (Å²) in [7, 11) is 0. The second-order valence-electron chi connectivity index (χ2n) is 4.15. The molecule has 1 N–H and O–H groups in total. The van der Waals surface area contributed by atoms with Crippen LogP contribution in [-0.2, 0) is 12.2 Å². The van der Waals surface area contributed by atoms with Crippen LogP contribution in [0.2, 0.25) is 0 Å². The van der Waals surface area contributed by atoms with Crippen LogP contribution in [-0.4, -0.2) is 16.1 Å². The summed E-state index contributed by atoms with van der Waals surface area (Å²) < 4.78 is 0. The summed E-state index contributed by atoms with van der Waals surface area (Å²) in [5, 5.41) is 9.62. The van der Waals surface area contributed by atoms with Crippen molar-refractivity contribution in [3.8, 4) is 0 Å². The normalized spacial score (nSPS) is 10.4. The van der Waals surface area contributed by atoms with Crippen molar-refractivity contribution in [2.45, 2.75) is 24.1 Å². The lowest BCUT2D eigenvalue weighted by Gasteiger charge is -2.03. The maximum absolute atomic E-state index is 10.7. The molecule has 0 spiro atoms. The number of rotatable bonds is 5. The highest BCUT2D eigenvalue weighted by Crippen LogP contribution is 2.21. The van der Waals surface area contributed by atoms with E-state index in [1.54, 1.807) is 23.9 Å². The van der Waals surface area contributed by atoms with Crippen LogP contribution in [0.25, 0.3) is 0 Å². The van der Waals surface area contributed by atoms with Crippen molar-refractivity contribution >= 4 is 17.7 Å². The first-order valence-corrected chi connectivity index (χ1v) is 7.07. The second-order valence-corrected chi connectivity index (χ2v) is 5.14. The van der Waals surface area contributed by atoms with E-state index in [0.717, 1.165) is 17.2 Å². The maximum atomic E-state index is 10.7. The smallest absolute Gasteiger partial charge is 0.337 e. The molecule has 3 nitrogen and oxygen atoms in total. The molecule has 1 aromatic heterocycles. The zero-order valence-electron chi connectivity index (χ0n) is 10.7. The Balaban J connectivity index is 1.95. The molecule has 4 heteroatoms. The summed E-state index contributed by atoms with van der Waals surface area (Å²) in [4.78, 5) is 14.8. The van der Waals surface area contributed by atoms with Crippen LogP contribution in [0.5, 0.6) is 0 Å². The SMILES string of the molecule is CCc1ccc(CSc2ccc(C(=O)O)cn2)cc1. The number of aromatic nitrogens is 1. The average Bonchev–Trinajstić information content (AvgIpc) is 2.46. The third-order valence-electron chi connectivity index (χ3n) is 2.80. The molecule has 0 aliphatic rings. The molecule has 2 rings (SSSR count). The van der Waals surface area contributed by atoms with Gasteiger partial charge in [0.25, 0.3) is 0 Å². The molecule has 0 atom stereocenters. The van der Waals surface area contributed by atoms with Gasteiger partial charge in [-0.15, -0.1) is 11.8 Å². The number of aryl methyl sites for hydroxylation is 1. The lowest BCUT2D eigenvalue weighted by Crippen LogP contribution is -1.96. The largest absolute Gasteiger partial charge is 0.478 e. The average molecular weight is 273 g/mol. The van der Waals surface area contributed by atoms with Crippen LogP contribution >= 0.6 is 11.8 Å². The van der Waals surface area contributed by atoms with Crippen LogP contribution in [0.15, 0.2) is 47.6 Å². The fraction of sp³-hybridized carbons (Fsp3) is 0.200. The van der Waals surface area contributed by atoms with E-state index >= 15 is 0 Å². The molecule has 0 aliphatic heterocycles. The van der Waals surface area contributed by atoms with Gasteiger partial charge in [0, 0.05) is 11.9 Å². The van der Waals surface area contributed by atoms with Crippen molar-refractivity contribution in [1.82, 2.24) is 4.98 Å². The van der Waals surface area contributed by atoms with E-state index in [-0.39, 0.29) is 5.56 Å². The molecule has 2 aromatic rings. The topological polar surface area (TPSA) is 50.2 Å². The third-order valence-corrected chi connectivity index (χ3v) is 3.82. The Morgan fingerprint density at radius 1 is 1.16 bits per heavy atom. The minimum absolute atomic E-state index is 0.219. The van der Waals surface area contributed by atoms with Crippen molar-refractivity contribution in [1.29, 1.82) is 0 Å². The number of thioether (sulfide) groups is 1. The van der Waals surface area contributed by atoms with E-state index in [2.05, 4.69) is 36.2 Å². The number of hydrogen-bond donors (Lipinski definition) is 1. The van der Waals surface area contributed by atoms with Gasteiger partial charge in [0.15, 0.2) is 0 Å². The molecule has 1 aromatic carbocycles. The number of benzene rings is 1. The summed E-state index contributed by atoms with van der Waals surface area (Å²) in [5.74, 6) is -0.108. The minimum Gasteiger partial charge on any atom is -0.478 e. The second kappa shape index (κ2) is 6.38. The summed E-state index contributed by atoms with van der Waals surface area (Å²) in [6, 6.07) is 11.8. The molecule has 0 saturated carbocycles. The maximum Gasteiger partial charge on any atom is 0.337 e. The van der Waals surface area contributed by atoms with E-state index in [9.17, 15) is 4.79 Å². The highest BCUT2D eigenvalue weighted by atomic mass is 32.2. The zero-order valence-corrected chi connectivity index (χ0v) is 11.5. The van der Waals surface area contributed by atoms with Gasteiger partial charge >= 0.3 is 5.97 Å². The first-order valence-electron chi connectivity index (χ1n) is 6.09. The standard InChI is InChI=1S/C15H15NO2S/c1-2-11-3-5-12(6-4-11)10-19-14-8-7-13(9-16-14)15(17)18/h3-9H,2,10H2,1H3,(H,17,18). The highest BCUT2D eigenvalue weighted by molar-refractivity contribution is 7.98. The van der Waals surface area contributed by atoms with Gasteiger partial charge < -0.3 is 5.11 Å². The zero-order chi connectivity index (χ0) is 13.7. The van der Waals surface area contributed by atoms with Crippen molar-refractivity contribution in [3.63, 3.8) is 0 Å². The number of hydrogen-bond acceptors (Lipinski definition) is 3. The van der Waals surface area contributed by atoms with E-state index < -0.39 is 5.97 Å². The Kier molecular flexibility index (Phi) is 4.58. The molecule has 0 radical (unpaired) electrons. The molecule has 1 heterocycles. The van der Waals surface area contributed by atoms with Crippen molar-refractivity contribution in [3.05, 3.63) is 59.3 Å². The predicted molar refractivity (Wildman–Crippen MR) is 76.6 cm³/mol. The summed E-state index contributed by atoms with van der Waals surface area (Å²) in [6.45, 7) is 2.14. The lowest BCUT2D eigenvalue weighted by atomic mass is 10.1. The van der Waals surface area contributed by atoms with Crippen molar-refractivity contribution in [2.75, 3.05) is 0 Å².